The molecule has 0 aliphatic rings. The van der Waals surface area contributed by atoms with E-state index in [1.807, 2.05) is 30.3 Å². The van der Waals surface area contributed by atoms with Gasteiger partial charge in [0.2, 0.25) is 5.82 Å². The highest BCUT2D eigenvalue weighted by Crippen LogP contribution is 2.25. The van der Waals surface area contributed by atoms with Gasteiger partial charge in [-0.15, -0.1) is 0 Å². The highest BCUT2D eigenvalue weighted by molar-refractivity contribution is 9.10. The van der Waals surface area contributed by atoms with Crippen LogP contribution in [0.25, 0.3) is 0 Å². The molecule has 2 aromatic carbocycles. The van der Waals surface area contributed by atoms with Crippen molar-refractivity contribution in [1.82, 2.24) is 9.97 Å². The molecule has 1 heterocycles. The first-order valence-electron chi connectivity index (χ1n) is 9.25. The van der Waals surface area contributed by atoms with Crippen LogP contribution in [0.4, 0.5) is 5.82 Å². The molecule has 3 aromatic rings. The molecular formula is C21H20BrN3O5S. The average molecular weight is 506 g/mol. The summed E-state index contributed by atoms with van der Waals surface area (Å²) in [7, 11) is -2.60. The van der Waals surface area contributed by atoms with E-state index in [1.54, 1.807) is 12.1 Å². The molecule has 0 amide bonds. The Hall–Kier alpha value is -2.98. The third-order valence-electron chi connectivity index (χ3n) is 4.24. The van der Waals surface area contributed by atoms with E-state index in [-0.39, 0.29) is 35.6 Å². The van der Waals surface area contributed by atoms with Gasteiger partial charge in [-0.05, 0) is 45.6 Å². The number of nitrogens with one attached hydrogen (secondary N) is 1. The second kappa shape index (κ2) is 10.4. The molecule has 0 bridgehead atoms. The fourth-order valence-corrected chi connectivity index (χ4v) is 3.89. The molecule has 31 heavy (non-hydrogen) atoms. The van der Waals surface area contributed by atoms with Gasteiger partial charge < -0.3 is 9.47 Å². The van der Waals surface area contributed by atoms with Crippen LogP contribution in [0, 0.1) is 0 Å². The normalized spacial score (nSPS) is 11.0. The highest BCUT2D eigenvalue weighted by atomic mass is 79.9. The number of hydrogen-bond donors (Lipinski definition) is 1. The molecule has 8 nitrogen and oxygen atoms in total. The fourth-order valence-electron chi connectivity index (χ4n) is 2.62. The van der Waals surface area contributed by atoms with Crippen molar-refractivity contribution < 1.29 is 22.7 Å². The molecule has 0 unspecified atom stereocenters. The number of sulfonamides is 1. The quantitative estimate of drug-likeness (QED) is 0.441. The number of esters is 1. The van der Waals surface area contributed by atoms with Crippen LogP contribution < -0.4 is 9.46 Å². The van der Waals surface area contributed by atoms with Gasteiger partial charge in [0.15, 0.2) is 0 Å². The maximum Gasteiger partial charge on any atom is 0.305 e. The number of halogens is 1. The lowest BCUT2D eigenvalue weighted by atomic mass is 10.1. The summed E-state index contributed by atoms with van der Waals surface area (Å²) in [4.78, 5) is 19.6. The van der Waals surface area contributed by atoms with Crippen molar-refractivity contribution >= 4 is 37.7 Å². The molecule has 1 aromatic heterocycles. The number of aryl methyl sites for hydroxylation is 1. The Kier molecular flexibility index (Phi) is 7.59. The first-order valence-corrected chi connectivity index (χ1v) is 11.5. The van der Waals surface area contributed by atoms with Gasteiger partial charge in [0.1, 0.15) is 11.2 Å². The van der Waals surface area contributed by atoms with Gasteiger partial charge in [0.05, 0.1) is 18.2 Å². The Bertz CT molecular complexity index is 1140. The van der Waals surface area contributed by atoms with Gasteiger partial charge in [0, 0.05) is 6.42 Å². The lowest BCUT2D eigenvalue weighted by Crippen LogP contribution is -2.15. The van der Waals surface area contributed by atoms with Crippen molar-refractivity contribution in [2.45, 2.75) is 24.3 Å². The van der Waals surface area contributed by atoms with Gasteiger partial charge in [-0.1, -0.05) is 42.5 Å². The van der Waals surface area contributed by atoms with Crippen LogP contribution in [0.3, 0.4) is 0 Å². The molecule has 0 aliphatic carbocycles. The first kappa shape index (κ1) is 22.7. The number of ether oxygens (including phenoxy) is 2. The number of aromatic nitrogens is 2. The number of carbonyl (C=O) groups excluding carboxylic acids is 1. The first-order chi connectivity index (χ1) is 14.9. The minimum atomic E-state index is -3.92. The van der Waals surface area contributed by atoms with E-state index in [9.17, 15) is 13.2 Å². The minimum Gasteiger partial charge on any atom is -0.470 e. The molecule has 1 N–H and O–H groups in total. The van der Waals surface area contributed by atoms with Gasteiger partial charge in [-0.2, -0.15) is 0 Å². The monoisotopic (exact) mass is 505 g/mol. The zero-order valence-corrected chi connectivity index (χ0v) is 19.0. The molecule has 3 rings (SSSR count). The maximum absolute atomic E-state index is 12.8. The standard InChI is InChI=1S/C21H20BrN3O5S/c1-29-19(26)12-9-15-7-10-17(11-8-15)31(27,28)25-20-21(24-18(22)13-23-20)30-14-16-5-3-2-4-6-16/h2-8,10-11,13H,9,12,14H2,1H3,(H,23,25). The second-order valence-corrected chi connectivity index (χ2v) is 8.94. The van der Waals surface area contributed by atoms with Crippen molar-refractivity contribution in [2.24, 2.45) is 0 Å². The lowest BCUT2D eigenvalue weighted by molar-refractivity contribution is -0.140. The minimum absolute atomic E-state index is 0.0195. The summed E-state index contributed by atoms with van der Waals surface area (Å²) < 4.78 is 38.8. The summed E-state index contributed by atoms with van der Waals surface area (Å²) in [5, 5.41) is 0. The van der Waals surface area contributed by atoms with Crippen molar-refractivity contribution in [3.8, 4) is 5.88 Å². The Morgan fingerprint density at radius 3 is 2.45 bits per heavy atom. The smallest absolute Gasteiger partial charge is 0.305 e. The summed E-state index contributed by atoms with van der Waals surface area (Å²) in [5.41, 5.74) is 1.72. The lowest BCUT2D eigenvalue weighted by Gasteiger charge is -2.12. The zero-order valence-electron chi connectivity index (χ0n) is 16.6. The number of anilines is 1. The molecule has 0 saturated carbocycles. The number of rotatable bonds is 9. The maximum atomic E-state index is 12.8. The van der Waals surface area contributed by atoms with Crippen LogP contribution in [0.15, 0.2) is 70.3 Å². The van der Waals surface area contributed by atoms with E-state index in [4.69, 9.17) is 4.74 Å². The number of methoxy groups -OCH3 is 1. The van der Waals surface area contributed by atoms with Crippen molar-refractivity contribution in [1.29, 1.82) is 0 Å². The summed E-state index contributed by atoms with van der Waals surface area (Å²) in [6.45, 7) is 0.204. The van der Waals surface area contributed by atoms with E-state index in [0.717, 1.165) is 11.1 Å². The third-order valence-corrected chi connectivity index (χ3v) is 5.98. The van der Waals surface area contributed by atoms with Crippen molar-refractivity contribution in [3.05, 3.63) is 76.5 Å². The van der Waals surface area contributed by atoms with Crippen LogP contribution in [0.5, 0.6) is 5.88 Å². The van der Waals surface area contributed by atoms with Crippen LogP contribution in [0.1, 0.15) is 17.5 Å². The average Bonchev–Trinajstić information content (AvgIpc) is 2.78. The molecule has 10 heteroatoms. The van der Waals surface area contributed by atoms with Crippen LogP contribution in [0.2, 0.25) is 0 Å². The predicted octanol–water partition coefficient (Wildman–Crippen LogP) is 3.72. The Morgan fingerprint density at radius 2 is 1.77 bits per heavy atom. The van der Waals surface area contributed by atoms with Gasteiger partial charge >= 0.3 is 5.97 Å². The Labute approximate surface area is 188 Å². The van der Waals surface area contributed by atoms with E-state index in [2.05, 4.69) is 35.4 Å². The molecule has 0 aliphatic heterocycles. The van der Waals surface area contributed by atoms with Crippen LogP contribution in [-0.4, -0.2) is 31.5 Å². The topological polar surface area (TPSA) is 107 Å². The van der Waals surface area contributed by atoms with E-state index >= 15 is 0 Å². The zero-order chi connectivity index (χ0) is 22.3. The molecule has 0 radical (unpaired) electrons. The summed E-state index contributed by atoms with van der Waals surface area (Å²) in [6.07, 6.45) is 2.05. The van der Waals surface area contributed by atoms with E-state index in [1.165, 1.54) is 25.4 Å². The van der Waals surface area contributed by atoms with Gasteiger partial charge in [-0.3, -0.25) is 9.52 Å². The third kappa shape index (κ3) is 6.50. The number of hydrogen-bond acceptors (Lipinski definition) is 7. The van der Waals surface area contributed by atoms with Crippen LogP contribution >= 0.6 is 15.9 Å². The summed E-state index contributed by atoms with van der Waals surface area (Å²) in [5.74, 6) is -0.291. The largest absolute Gasteiger partial charge is 0.470 e. The Balaban J connectivity index is 1.74. The predicted molar refractivity (Wildman–Crippen MR) is 118 cm³/mol. The number of benzene rings is 2. The van der Waals surface area contributed by atoms with E-state index < -0.39 is 10.0 Å². The number of nitrogens with zero attached hydrogens (tertiary/aromatic N) is 2. The fraction of sp³-hybridized carbons (Fsp3) is 0.190. The van der Waals surface area contributed by atoms with Gasteiger partial charge in [-0.25, -0.2) is 18.4 Å². The number of carbonyl (C=O) groups is 1. The van der Waals surface area contributed by atoms with Crippen molar-refractivity contribution in [2.75, 3.05) is 11.8 Å². The highest BCUT2D eigenvalue weighted by Gasteiger charge is 2.19. The summed E-state index contributed by atoms with van der Waals surface area (Å²) in [6, 6.07) is 15.6. The molecule has 0 fully saturated rings. The molecule has 0 spiro atoms. The Morgan fingerprint density at radius 1 is 1.06 bits per heavy atom. The SMILES string of the molecule is COC(=O)CCc1ccc(S(=O)(=O)Nc2ncc(Br)nc2OCc2ccccc2)cc1. The van der Waals surface area contributed by atoms with Crippen molar-refractivity contribution in [3.63, 3.8) is 0 Å². The second-order valence-electron chi connectivity index (χ2n) is 6.45. The molecule has 162 valence electrons. The molecular weight excluding hydrogens is 486 g/mol. The van der Waals surface area contributed by atoms with Gasteiger partial charge in [0.25, 0.3) is 15.9 Å². The molecule has 0 atom stereocenters. The van der Waals surface area contributed by atoms with E-state index in [0.29, 0.717) is 11.0 Å². The summed E-state index contributed by atoms with van der Waals surface area (Å²) >= 11 is 3.22. The molecule has 0 saturated heterocycles. The van der Waals surface area contributed by atoms with Crippen LogP contribution in [-0.2, 0) is 32.6 Å².